The van der Waals surface area contributed by atoms with Crippen LogP contribution in [0.25, 0.3) is 0 Å². The highest BCUT2D eigenvalue weighted by Crippen LogP contribution is 2.02. The van der Waals surface area contributed by atoms with Gasteiger partial charge in [-0.3, -0.25) is 19.2 Å². The smallest absolute Gasteiger partial charge is 0.328 e. The van der Waals surface area contributed by atoms with E-state index in [1.54, 1.807) is 0 Å². The highest BCUT2D eigenvalue weighted by Gasteiger charge is 2.30. The molecule has 31 heavy (non-hydrogen) atoms. The van der Waals surface area contributed by atoms with Crippen LogP contribution in [0.3, 0.4) is 0 Å². The normalized spacial score (nSPS) is 14.5. The number of H-pyrrole nitrogens is 1. The summed E-state index contributed by atoms with van der Waals surface area (Å²) in [7, 11) is 0. The number of nitrogens with zero attached hydrogens (tertiary/aromatic N) is 1. The van der Waals surface area contributed by atoms with Crippen LogP contribution < -0.4 is 27.4 Å². The number of carbonyl (C=O) groups is 5. The molecule has 0 aliphatic heterocycles. The van der Waals surface area contributed by atoms with Crippen molar-refractivity contribution >= 4 is 29.6 Å². The highest BCUT2D eigenvalue weighted by atomic mass is 16.4. The Morgan fingerprint density at radius 3 is 2.39 bits per heavy atom. The van der Waals surface area contributed by atoms with Crippen LogP contribution in [0, 0.1) is 0 Å². The van der Waals surface area contributed by atoms with Gasteiger partial charge in [-0.2, -0.15) is 0 Å². The van der Waals surface area contributed by atoms with Crippen molar-refractivity contribution in [3.05, 3.63) is 18.2 Å². The molecule has 10 N–H and O–H groups in total. The first kappa shape index (κ1) is 25.5. The number of hydrogen-bond acceptors (Lipinski definition) is 8. The van der Waals surface area contributed by atoms with E-state index in [1.165, 1.54) is 19.4 Å². The third-order valence-electron chi connectivity index (χ3n) is 4.14. The van der Waals surface area contributed by atoms with Crippen LogP contribution >= 0.6 is 0 Å². The third-order valence-corrected chi connectivity index (χ3v) is 4.14. The third kappa shape index (κ3) is 9.22. The zero-order valence-corrected chi connectivity index (χ0v) is 16.8. The first-order valence-electron chi connectivity index (χ1n) is 9.30. The number of aliphatic hydroxyl groups excluding tert-OH is 1. The first-order valence-corrected chi connectivity index (χ1v) is 9.30. The number of nitrogens with one attached hydrogen (secondary N) is 4. The number of amides is 4. The van der Waals surface area contributed by atoms with Crippen molar-refractivity contribution in [3.8, 4) is 0 Å². The number of carboxylic acids is 1. The molecule has 0 saturated heterocycles. The molecule has 4 atom stereocenters. The Balaban J connectivity index is 2.73. The van der Waals surface area contributed by atoms with Crippen LogP contribution in [0.15, 0.2) is 12.5 Å². The Morgan fingerprint density at radius 1 is 1.19 bits per heavy atom. The van der Waals surface area contributed by atoms with E-state index < -0.39 is 60.4 Å². The molecule has 1 aromatic heterocycles. The Hall–Kier alpha value is -3.52. The molecule has 14 heteroatoms. The molecular weight excluding hydrogens is 414 g/mol. The SMILES string of the molecule is CC(O)C(NC(=O)C(Cc1cnc[nH]1)NC(=O)CNC(=O)C(N)CCC(N)=O)C(=O)O. The van der Waals surface area contributed by atoms with Gasteiger partial charge in [0.05, 0.1) is 25.0 Å². The number of aliphatic carboxylic acids is 1. The monoisotopic (exact) mass is 441 g/mol. The average molecular weight is 441 g/mol. The van der Waals surface area contributed by atoms with Crippen LogP contribution in [-0.4, -0.2) is 80.6 Å². The van der Waals surface area contributed by atoms with Crippen LogP contribution in [0.4, 0.5) is 0 Å². The zero-order valence-electron chi connectivity index (χ0n) is 16.8. The molecule has 14 nitrogen and oxygen atoms in total. The maximum absolute atomic E-state index is 12.5. The largest absolute Gasteiger partial charge is 0.480 e. The lowest BCUT2D eigenvalue weighted by Gasteiger charge is -2.22. The summed E-state index contributed by atoms with van der Waals surface area (Å²) in [6.45, 7) is 0.674. The summed E-state index contributed by atoms with van der Waals surface area (Å²) in [6.07, 6.45) is 1.23. The van der Waals surface area contributed by atoms with E-state index in [-0.39, 0.29) is 19.3 Å². The summed E-state index contributed by atoms with van der Waals surface area (Å²) >= 11 is 0. The van der Waals surface area contributed by atoms with Gasteiger partial charge in [-0.25, -0.2) is 9.78 Å². The van der Waals surface area contributed by atoms with Crippen LogP contribution in [0.5, 0.6) is 0 Å². The van der Waals surface area contributed by atoms with E-state index in [0.717, 1.165) is 0 Å². The van der Waals surface area contributed by atoms with Crippen molar-refractivity contribution in [1.29, 1.82) is 0 Å². The fourth-order valence-electron chi connectivity index (χ4n) is 2.44. The summed E-state index contributed by atoms with van der Waals surface area (Å²) < 4.78 is 0. The van der Waals surface area contributed by atoms with Crippen molar-refractivity contribution < 1.29 is 34.2 Å². The maximum Gasteiger partial charge on any atom is 0.328 e. The molecule has 1 rings (SSSR count). The number of aromatic amines is 1. The van der Waals surface area contributed by atoms with Gasteiger partial charge in [-0.1, -0.05) is 0 Å². The average Bonchev–Trinajstić information content (AvgIpc) is 3.20. The first-order chi connectivity index (χ1) is 14.5. The van der Waals surface area contributed by atoms with Gasteiger partial charge in [-0.15, -0.1) is 0 Å². The molecule has 0 bridgehead atoms. The molecule has 0 fully saturated rings. The minimum absolute atomic E-state index is 0.00353. The van der Waals surface area contributed by atoms with Gasteiger partial charge in [0, 0.05) is 24.7 Å². The molecule has 0 aliphatic rings. The van der Waals surface area contributed by atoms with E-state index in [0.29, 0.717) is 5.69 Å². The van der Waals surface area contributed by atoms with E-state index in [2.05, 4.69) is 25.9 Å². The lowest BCUT2D eigenvalue weighted by Crippen LogP contribution is -2.56. The van der Waals surface area contributed by atoms with Gasteiger partial charge >= 0.3 is 5.97 Å². The van der Waals surface area contributed by atoms with Crippen LogP contribution in [0.2, 0.25) is 0 Å². The van der Waals surface area contributed by atoms with Gasteiger partial charge < -0.3 is 42.6 Å². The van der Waals surface area contributed by atoms with Crippen molar-refractivity contribution in [3.63, 3.8) is 0 Å². The summed E-state index contributed by atoms with van der Waals surface area (Å²) in [5.41, 5.74) is 11.1. The van der Waals surface area contributed by atoms with Crippen LogP contribution in [-0.2, 0) is 30.4 Å². The van der Waals surface area contributed by atoms with E-state index in [4.69, 9.17) is 16.6 Å². The predicted octanol–water partition coefficient (Wildman–Crippen LogP) is -3.90. The molecule has 1 heterocycles. The number of imidazole rings is 1. The predicted molar refractivity (Wildman–Crippen MR) is 105 cm³/mol. The molecule has 172 valence electrons. The quantitative estimate of drug-likeness (QED) is 0.149. The molecule has 4 unspecified atom stereocenters. The summed E-state index contributed by atoms with van der Waals surface area (Å²) in [4.78, 5) is 65.1. The number of hydrogen-bond donors (Lipinski definition) is 8. The maximum atomic E-state index is 12.5. The van der Waals surface area contributed by atoms with Gasteiger partial charge in [0.1, 0.15) is 6.04 Å². The van der Waals surface area contributed by atoms with Crippen molar-refractivity contribution in [2.75, 3.05) is 6.54 Å². The topological polar surface area (TPSA) is 243 Å². The van der Waals surface area contributed by atoms with Gasteiger partial charge in [0.25, 0.3) is 0 Å². The van der Waals surface area contributed by atoms with Crippen molar-refractivity contribution in [1.82, 2.24) is 25.9 Å². The van der Waals surface area contributed by atoms with Crippen molar-refractivity contribution in [2.45, 2.75) is 50.4 Å². The Labute approximate surface area is 177 Å². The standard InChI is InChI=1S/C17H27N7O7/c1-8(25)14(17(30)31)24-16(29)11(4-9-5-20-7-22-9)23-13(27)6-21-15(28)10(18)2-3-12(19)26/h5,7-8,10-11,14,25H,2-4,6,18H2,1H3,(H2,19,26)(H,20,22)(H,21,28)(H,23,27)(H,24,29)(H,30,31). The van der Waals surface area contributed by atoms with Gasteiger partial charge in [0.2, 0.25) is 23.6 Å². The Morgan fingerprint density at radius 2 is 1.87 bits per heavy atom. The van der Waals surface area contributed by atoms with Gasteiger partial charge in [0.15, 0.2) is 6.04 Å². The number of primary amides is 1. The number of nitrogens with two attached hydrogens (primary N) is 2. The molecule has 0 aromatic carbocycles. The van der Waals surface area contributed by atoms with Gasteiger partial charge in [-0.05, 0) is 13.3 Å². The number of rotatable bonds is 13. The van der Waals surface area contributed by atoms with E-state index in [9.17, 15) is 29.1 Å². The Kier molecular flexibility index (Phi) is 10.1. The molecular formula is C17H27N7O7. The number of carbonyl (C=O) groups excluding carboxylic acids is 4. The second kappa shape index (κ2) is 12.2. The molecule has 0 spiro atoms. The number of aliphatic hydroxyl groups is 1. The Bertz CT molecular complexity index is 782. The van der Waals surface area contributed by atoms with Crippen molar-refractivity contribution in [2.24, 2.45) is 11.5 Å². The summed E-state index contributed by atoms with van der Waals surface area (Å²) in [6, 6.07) is -3.86. The molecule has 0 aliphatic carbocycles. The second-order valence-electron chi connectivity index (χ2n) is 6.80. The summed E-state index contributed by atoms with van der Waals surface area (Å²) in [5, 5.41) is 25.5. The number of aromatic nitrogens is 2. The summed E-state index contributed by atoms with van der Waals surface area (Å²) in [5.74, 6) is -4.37. The lowest BCUT2D eigenvalue weighted by molar-refractivity contribution is -0.145. The highest BCUT2D eigenvalue weighted by molar-refractivity contribution is 5.92. The fourth-order valence-corrected chi connectivity index (χ4v) is 2.44. The molecule has 1 aromatic rings. The molecule has 0 saturated carbocycles. The lowest BCUT2D eigenvalue weighted by atomic mass is 10.1. The zero-order chi connectivity index (χ0) is 23.6. The number of carboxylic acid groups (broad SMARTS) is 1. The minimum atomic E-state index is -1.59. The molecule has 4 amide bonds. The fraction of sp³-hybridized carbons (Fsp3) is 0.529. The molecule has 0 radical (unpaired) electrons. The van der Waals surface area contributed by atoms with E-state index in [1.807, 2.05) is 0 Å². The second-order valence-corrected chi connectivity index (χ2v) is 6.80. The van der Waals surface area contributed by atoms with E-state index >= 15 is 0 Å². The minimum Gasteiger partial charge on any atom is -0.480 e. The van der Waals surface area contributed by atoms with Crippen LogP contribution in [0.1, 0.15) is 25.5 Å².